The highest BCUT2D eigenvalue weighted by Crippen LogP contribution is 2.74. The van der Waals surface area contributed by atoms with E-state index in [1.165, 1.54) is 0 Å². The number of benzene rings is 1. The van der Waals surface area contributed by atoms with Crippen molar-refractivity contribution >= 4 is 23.5 Å². The molecule has 7 heteroatoms. The molecular formula is C34H44O6S. The van der Waals surface area contributed by atoms with Crippen molar-refractivity contribution in [3.05, 3.63) is 41.5 Å². The minimum atomic E-state index is -0.750. The average Bonchev–Trinajstić information content (AvgIpc) is 3.58. The number of aliphatic hydroxyl groups excluding tert-OH is 2. The molecule has 4 saturated carbocycles. The summed E-state index contributed by atoms with van der Waals surface area (Å²) in [6.45, 7) is 8.52. The van der Waals surface area contributed by atoms with Gasteiger partial charge in [-0.3, -0.25) is 4.79 Å². The second-order valence-electron chi connectivity index (χ2n) is 14.4. The Hall–Kier alpha value is -1.67. The second-order valence-corrected chi connectivity index (χ2v) is 15.7. The van der Waals surface area contributed by atoms with Crippen LogP contribution in [0.25, 0.3) is 0 Å². The number of fused-ring (bicyclic) bond motifs is 4. The van der Waals surface area contributed by atoms with Crippen LogP contribution in [0, 0.1) is 40.4 Å². The Morgan fingerprint density at radius 3 is 2.54 bits per heavy atom. The van der Waals surface area contributed by atoms with E-state index in [9.17, 15) is 19.8 Å². The van der Waals surface area contributed by atoms with E-state index in [0.717, 1.165) is 42.6 Å². The molecule has 222 valence electrons. The number of Topliss-reactive ketones (excluding diaryl/α,β-unsaturated/α-hetero) is 1. The first kappa shape index (κ1) is 28.1. The van der Waals surface area contributed by atoms with Gasteiger partial charge in [-0.15, -0.1) is 11.8 Å². The van der Waals surface area contributed by atoms with Crippen molar-refractivity contribution in [2.24, 2.45) is 40.4 Å². The zero-order chi connectivity index (χ0) is 28.9. The summed E-state index contributed by atoms with van der Waals surface area (Å²) < 4.78 is 12.4. The number of aliphatic hydroxyl groups is 2. The van der Waals surface area contributed by atoms with Crippen molar-refractivity contribution in [2.45, 2.75) is 107 Å². The topological polar surface area (TPSA) is 96.4 Å². The average molecular weight is 581 g/mol. The lowest BCUT2D eigenvalue weighted by molar-refractivity contribution is -0.165. The molecule has 0 aromatic heterocycles. The number of epoxide rings is 1. The Balaban J connectivity index is 1.12. The molecule has 41 heavy (non-hydrogen) atoms. The molecule has 4 aliphatic carbocycles. The van der Waals surface area contributed by atoms with Gasteiger partial charge in [-0.25, -0.2) is 4.79 Å². The Kier molecular flexibility index (Phi) is 6.63. The third-order valence-electron chi connectivity index (χ3n) is 13.0. The summed E-state index contributed by atoms with van der Waals surface area (Å²) in [6.07, 6.45) is 5.38. The predicted octanol–water partition coefficient (Wildman–Crippen LogP) is 5.35. The van der Waals surface area contributed by atoms with Crippen LogP contribution in [0.3, 0.4) is 0 Å². The number of hydrogen-bond acceptors (Lipinski definition) is 7. The summed E-state index contributed by atoms with van der Waals surface area (Å²) in [4.78, 5) is 27.9. The van der Waals surface area contributed by atoms with Gasteiger partial charge in [0, 0.05) is 23.0 Å². The van der Waals surface area contributed by atoms with Crippen molar-refractivity contribution in [3.63, 3.8) is 0 Å². The molecule has 12 atom stereocenters. The SMILES string of the molecule is CC1=C(CO)C(=O)O[C@@H]([C@@H](C)[C@H]2CCC3C4C[C@H]5O[C@]56[C@@H](O)[C@@H](Sc5ccccc5)CC(=O)[C@]6(C)C4CC[C@@]32C)C1. The van der Waals surface area contributed by atoms with Crippen LogP contribution in [-0.4, -0.2) is 57.7 Å². The molecule has 7 rings (SSSR count). The molecule has 1 spiro atoms. The summed E-state index contributed by atoms with van der Waals surface area (Å²) in [5, 5.41) is 21.2. The van der Waals surface area contributed by atoms with Gasteiger partial charge in [-0.2, -0.15) is 0 Å². The number of ketones is 1. The number of cyclic esters (lactones) is 1. The molecule has 0 bridgehead atoms. The van der Waals surface area contributed by atoms with Crippen LogP contribution in [0.2, 0.25) is 0 Å². The predicted molar refractivity (Wildman–Crippen MR) is 156 cm³/mol. The van der Waals surface area contributed by atoms with Crippen molar-refractivity contribution in [2.75, 3.05) is 6.61 Å². The fraction of sp³-hybridized carbons (Fsp3) is 0.706. The molecule has 6 nitrogen and oxygen atoms in total. The van der Waals surface area contributed by atoms with Crippen LogP contribution < -0.4 is 0 Å². The van der Waals surface area contributed by atoms with Gasteiger partial charge in [-0.1, -0.05) is 37.6 Å². The van der Waals surface area contributed by atoms with Gasteiger partial charge in [-0.05, 0) is 93.1 Å². The van der Waals surface area contributed by atoms with Crippen LogP contribution >= 0.6 is 11.8 Å². The van der Waals surface area contributed by atoms with Gasteiger partial charge in [0.05, 0.1) is 29.8 Å². The third-order valence-corrected chi connectivity index (χ3v) is 14.3. The zero-order valence-electron chi connectivity index (χ0n) is 24.7. The van der Waals surface area contributed by atoms with E-state index in [2.05, 4.69) is 20.8 Å². The van der Waals surface area contributed by atoms with E-state index in [1.54, 1.807) is 11.8 Å². The standard InChI is InChI=1S/C34H44O6S/c1-18-14-26(39-31(38)22(18)17-35)19(2)23-10-11-24-21-15-29-34(40-29)30(37)27(41-20-8-6-5-7-9-20)16-28(36)33(34,4)25(21)12-13-32(23,24)3/h5-9,19,21,23-27,29-30,35,37H,10-17H2,1-4H3/t19-,21?,23+,24?,25?,26+,27-,29+,30-,32+,33-,34-/m0/s1. The zero-order valence-corrected chi connectivity index (χ0v) is 25.5. The fourth-order valence-corrected chi connectivity index (χ4v) is 12.0. The molecule has 1 saturated heterocycles. The number of ether oxygens (including phenoxy) is 2. The molecule has 0 radical (unpaired) electrons. The number of esters is 1. The molecule has 2 N–H and O–H groups in total. The molecule has 3 unspecified atom stereocenters. The van der Waals surface area contributed by atoms with Crippen LogP contribution in [0.4, 0.5) is 0 Å². The van der Waals surface area contributed by atoms with Crippen molar-refractivity contribution in [1.29, 1.82) is 0 Å². The van der Waals surface area contributed by atoms with Crippen LogP contribution in [-0.2, 0) is 19.1 Å². The van der Waals surface area contributed by atoms with Crippen molar-refractivity contribution in [1.82, 2.24) is 0 Å². The normalized spacial score (nSPS) is 47.6. The molecule has 0 amide bonds. The van der Waals surface area contributed by atoms with Crippen molar-refractivity contribution < 1.29 is 29.3 Å². The van der Waals surface area contributed by atoms with E-state index in [-0.39, 0.29) is 53.1 Å². The van der Waals surface area contributed by atoms with Gasteiger partial charge in [0.1, 0.15) is 17.5 Å². The third kappa shape index (κ3) is 3.80. The lowest BCUT2D eigenvalue weighted by Gasteiger charge is -2.59. The number of hydrogen-bond donors (Lipinski definition) is 2. The summed E-state index contributed by atoms with van der Waals surface area (Å²) >= 11 is 1.62. The lowest BCUT2D eigenvalue weighted by Crippen LogP contribution is -2.67. The minimum absolute atomic E-state index is 0.0605. The number of rotatable bonds is 5. The fourth-order valence-electron chi connectivity index (χ4n) is 10.8. The van der Waals surface area contributed by atoms with Crippen LogP contribution in [0.5, 0.6) is 0 Å². The Labute approximate surface area is 247 Å². The quantitative estimate of drug-likeness (QED) is 0.358. The molecule has 2 heterocycles. The van der Waals surface area contributed by atoms with E-state index in [1.807, 2.05) is 37.3 Å². The minimum Gasteiger partial charge on any atom is -0.458 e. The lowest BCUT2D eigenvalue weighted by atomic mass is 9.43. The Morgan fingerprint density at radius 1 is 1.07 bits per heavy atom. The largest absolute Gasteiger partial charge is 0.458 e. The van der Waals surface area contributed by atoms with Gasteiger partial charge >= 0.3 is 5.97 Å². The van der Waals surface area contributed by atoms with Crippen LogP contribution in [0.1, 0.15) is 72.6 Å². The first-order valence-electron chi connectivity index (χ1n) is 15.7. The second kappa shape index (κ2) is 9.67. The van der Waals surface area contributed by atoms with Gasteiger partial charge in [0.25, 0.3) is 0 Å². The van der Waals surface area contributed by atoms with Gasteiger partial charge < -0.3 is 19.7 Å². The summed E-state index contributed by atoms with van der Waals surface area (Å²) in [5.74, 6) is 1.70. The van der Waals surface area contributed by atoms with E-state index in [0.29, 0.717) is 36.2 Å². The maximum absolute atomic E-state index is 14.2. The van der Waals surface area contributed by atoms with Gasteiger partial charge in [0.15, 0.2) is 0 Å². The first-order chi connectivity index (χ1) is 19.6. The van der Waals surface area contributed by atoms with E-state index < -0.39 is 17.1 Å². The van der Waals surface area contributed by atoms with E-state index in [4.69, 9.17) is 9.47 Å². The maximum Gasteiger partial charge on any atom is 0.336 e. The molecule has 5 fully saturated rings. The molecule has 6 aliphatic rings. The number of carbonyl (C=O) groups is 2. The number of thioether (sulfide) groups is 1. The summed E-state index contributed by atoms with van der Waals surface area (Å²) in [6, 6.07) is 10.1. The maximum atomic E-state index is 14.2. The number of carbonyl (C=O) groups excluding carboxylic acids is 2. The Bertz CT molecular complexity index is 1280. The smallest absolute Gasteiger partial charge is 0.336 e. The van der Waals surface area contributed by atoms with E-state index >= 15 is 0 Å². The molecule has 1 aromatic carbocycles. The molecule has 1 aromatic rings. The summed E-state index contributed by atoms with van der Waals surface area (Å²) in [5.41, 5.74) is 0.0794. The monoisotopic (exact) mass is 580 g/mol. The molecular weight excluding hydrogens is 536 g/mol. The van der Waals surface area contributed by atoms with Crippen molar-refractivity contribution in [3.8, 4) is 0 Å². The van der Waals surface area contributed by atoms with Crippen LogP contribution in [0.15, 0.2) is 46.4 Å². The highest BCUT2D eigenvalue weighted by Gasteiger charge is 2.82. The summed E-state index contributed by atoms with van der Waals surface area (Å²) in [7, 11) is 0. The molecule has 2 aliphatic heterocycles. The van der Waals surface area contributed by atoms with Gasteiger partial charge in [0.2, 0.25) is 0 Å². The Morgan fingerprint density at radius 2 is 1.83 bits per heavy atom. The highest BCUT2D eigenvalue weighted by molar-refractivity contribution is 8.00. The first-order valence-corrected chi connectivity index (χ1v) is 16.6. The highest BCUT2D eigenvalue weighted by atomic mass is 32.2.